The van der Waals surface area contributed by atoms with E-state index in [2.05, 4.69) is 32.4 Å². The number of halogens is 1. The number of aliphatic hydroxyl groups is 2. The predicted octanol–water partition coefficient (Wildman–Crippen LogP) is 1.62. The highest BCUT2D eigenvalue weighted by Crippen LogP contribution is 2.67. The summed E-state index contributed by atoms with van der Waals surface area (Å²) in [5.74, 6) is 5.68. The molecule has 4 N–H and O–H groups in total. The van der Waals surface area contributed by atoms with Gasteiger partial charge in [0.25, 0.3) is 0 Å². The van der Waals surface area contributed by atoms with Gasteiger partial charge in [0.15, 0.2) is 5.65 Å². The third-order valence-electron chi connectivity index (χ3n) is 6.33. The number of pyridine rings is 1. The van der Waals surface area contributed by atoms with Crippen molar-refractivity contribution in [2.24, 2.45) is 11.3 Å². The molecule has 2 fully saturated rings. The Kier molecular flexibility index (Phi) is 4.71. The quantitative estimate of drug-likeness (QED) is 0.445. The number of rotatable bonds is 3. The second-order valence-electron chi connectivity index (χ2n) is 7.84. The lowest BCUT2D eigenvalue weighted by atomic mass is 9.98. The van der Waals surface area contributed by atoms with Crippen LogP contribution < -0.4 is 10.6 Å². The minimum atomic E-state index is -1.14. The third kappa shape index (κ3) is 2.94. The molecule has 3 heterocycles. The van der Waals surface area contributed by atoms with Gasteiger partial charge in [-0.25, -0.2) is 9.97 Å². The topological polar surface area (TPSA) is 112 Å². The van der Waals surface area contributed by atoms with Gasteiger partial charge in [-0.15, -0.1) is 11.3 Å². The smallest absolute Gasteiger partial charge is 0.229 e. The first-order chi connectivity index (χ1) is 14.9. The predicted molar refractivity (Wildman–Crippen MR) is 118 cm³/mol. The van der Waals surface area contributed by atoms with Crippen LogP contribution in [0.15, 0.2) is 24.5 Å². The van der Waals surface area contributed by atoms with Crippen LogP contribution in [-0.2, 0) is 4.79 Å². The number of fused-ring (bicyclic) bond motifs is 2. The van der Waals surface area contributed by atoms with Crippen molar-refractivity contribution in [1.82, 2.24) is 19.9 Å². The van der Waals surface area contributed by atoms with Crippen LogP contribution in [0.5, 0.6) is 0 Å². The third-order valence-corrected chi connectivity index (χ3v) is 7.48. The Hall–Kier alpha value is -2.64. The molecule has 3 aromatic heterocycles. The van der Waals surface area contributed by atoms with E-state index in [1.165, 1.54) is 18.4 Å². The van der Waals surface area contributed by atoms with Gasteiger partial charge < -0.3 is 25.4 Å². The highest BCUT2D eigenvalue weighted by Gasteiger charge is 2.75. The summed E-state index contributed by atoms with van der Waals surface area (Å²) in [7, 11) is 3.33. The van der Waals surface area contributed by atoms with E-state index in [4.69, 9.17) is 11.6 Å². The summed E-state index contributed by atoms with van der Waals surface area (Å²) in [6.45, 7) is 0. The maximum absolute atomic E-state index is 12.4. The van der Waals surface area contributed by atoms with E-state index in [0.717, 1.165) is 10.6 Å². The average Bonchev–Trinajstić information content (AvgIpc) is 3.02. The van der Waals surface area contributed by atoms with Crippen LogP contribution in [0.1, 0.15) is 23.0 Å². The summed E-state index contributed by atoms with van der Waals surface area (Å²) in [4.78, 5) is 22.4. The molecular weight excluding hydrogens is 438 g/mol. The van der Waals surface area contributed by atoms with E-state index in [9.17, 15) is 15.0 Å². The lowest BCUT2D eigenvalue weighted by Gasteiger charge is -2.23. The zero-order valence-corrected chi connectivity index (χ0v) is 18.3. The molecule has 2 aliphatic rings. The maximum atomic E-state index is 12.4. The lowest BCUT2D eigenvalue weighted by Crippen LogP contribution is -2.41. The molecule has 0 unspecified atom stereocenters. The molecule has 0 bridgehead atoms. The van der Waals surface area contributed by atoms with Gasteiger partial charge in [0.05, 0.1) is 38.8 Å². The van der Waals surface area contributed by atoms with Gasteiger partial charge in [0.1, 0.15) is 17.3 Å². The second kappa shape index (κ2) is 7.21. The number of aliphatic hydroxyl groups excluding tert-OH is 2. The van der Waals surface area contributed by atoms with Gasteiger partial charge in [0.2, 0.25) is 5.91 Å². The van der Waals surface area contributed by atoms with E-state index in [1.54, 1.807) is 24.0 Å². The van der Waals surface area contributed by atoms with Crippen molar-refractivity contribution in [3.05, 3.63) is 39.4 Å². The van der Waals surface area contributed by atoms with Gasteiger partial charge in [-0.3, -0.25) is 4.79 Å². The molecule has 8 nitrogen and oxygen atoms in total. The van der Waals surface area contributed by atoms with Crippen molar-refractivity contribution >= 4 is 45.7 Å². The fourth-order valence-electron chi connectivity index (χ4n) is 4.77. The van der Waals surface area contributed by atoms with Crippen molar-refractivity contribution in [2.45, 2.75) is 24.7 Å². The fourth-order valence-corrected chi connectivity index (χ4v) is 5.67. The number of thiophene rings is 1. The first kappa shape index (κ1) is 20.3. The molecule has 10 heteroatoms. The van der Waals surface area contributed by atoms with Crippen molar-refractivity contribution in [3.63, 3.8) is 0 Å². The molecule has 160 valence electrons. The van der Waals surface area contributed by atoms with Crippen LogP contribution in [0.3, 0.4) is 0 Å². The minimum Gasteiger partial charge on any atom is -0.389 e. The van der Waals surface area contributed by atoms with Gasteiger partial charge in [-0.1, -0.05) is 11.6 Å². The summed E-state index contributed by atoms with van der Waals surface area (Å²) in [6.07, 6.45) is -0.132. The van der Waals surface area contributed by atoms with E-state index >= 15 is 0 Å². The first-order valence-electron chi connectivity index (χ1n) is 9.81. The molecule has 2 aliphatic carbocycles. The van der Waals surface area contributed by atoms with Crippen LogP contribution >= 0.6 is 22.9 Å². The normalized spacial score (nSPS) is 28.7. The van der Waals surface area contributed by atoms with E-state index < -0.39 is 23.7 Å². The Morgan fingerprint density at radius 1 is 1.35 bits per heavy atom. The number of imidazole rings is 1. The number of hydrogen-bond donors (Lipinski definition) is 4. The van der Waals surface area contributed by atoms with Crippen molar-refractivity contribution in [3.8, 4) is 11.8 Å². The molecular formula is C21H20ClN5O3S. The molecule has 5 atom stereocenters. The molecule has 31 heavy (non-hydrogen) atoms. The zero-order valence-electron chi connectivity index (χ0n) is 16.8. The molecule has 0 saturated heterocycles. The number of nitrogens with one attached hydrogen (secondary N) is 2. The van der Waals surface area contributed by atoms with E-state index in [-0.39, 0.29) is 11.8 Å². The number of anilines is 1. The molecule has 0 aromatic carbocycles. The molecule has 1 amide bonds. The summed E-state index contributed by atoms with van der Waals surface area (Å²) in [5.41, 5.74) is 1.49. The zero-order chi connectivity index (χ0) is 21.9. The van der Waals surface area contributed by atoms with Crippen LogP contribution in [0, 0.1) is 23.2 Å². The molecule has 3 aromatic rings. The Balaban J connectivity index is 1.58. The number of nitrogens with zero attached hydrogens (tertiary/aromatic N) is 3. The molecule has 0 spiro atoms. The van der Waals surface area contributed by atoms with E-state index in [0.29, 0.717) is 27.6 Å². The Morgan fingerprint density at radius 2 is 2.16 bits per heavy atom. The van der Waals surface area contributed by atoms with Crippen LogP contribution in [0.2, 0.25) is 4.34 Å². The van der Waals surface area contributed by atoms with Gasteiger partial charge in [0, 0.05) is 20.0 Å². The van der Waals surface area contributed by atoms with Crippen LogP contribution in [0.25, 0.3) is 11.2 Å². The monoisotopic (exact) mass is 457 g/mol. The maximum Gasteiger partial charge on any atom is 0.229 e. The van der Waals surface area contributed by atoms with Gasteiger partial charge in [-0.05, 0) is 36.5 Å². The van der Waals surface area contributed by atoms with Crippen molar-refractivity contribution in [1.29, 1.82) is 0 Å². The van der Waals surface area contributed by atoms with Crippen LogP contribution in [0.4, 0.5) is 5.69 Å². The van der Waals surface area contributed by atoms with Crippen molar-refractivity contribution in [2.75, 3.05) is 19.4 Å². The summed E-state index contributed by atoms with van der Waals surface area (Å²) < 4.78 is 2.43. The average molecular weight is 458 g/mol. The number of amides is 1. The highest BCUT2D eigenvalue weighted by atomic mass is 35.5. The van der Waals surface area contributed by atoms with Crippen molar-refractivity contribution < 1.29 is 15.0 Å². The Labute approximate surface area is 187 Å². The SMILES string of the molecule is CNC(=O)[C@@]12C[C@@H]1[C@@H](n1cnc3c(NC)cc(C#Cc4ccc(Cl)s4)nc31)[C@H](O)[C@@H]2O. The number of carbonyl (C=O) groups is 1. The summed E-state index contributed by atoms with van der Waals surface area (Å²) in [5, 5.41) is 27.2. The summed E-state index contributed by atoms with van der Waals surface area (Å²) in [6, 6.07) is 4.95. The van der Waals surface area contributed by atoms with Gasteiger partial charge in [-0.2, -0.15) is 0 Å². The van der Waals surface area contributed by atoms with E-state index in [1.807, 2.05) is 12.1 Å². The standard InChI is InChI=1S/C21H20ClN5O3S/c1-23-13-7-10(3-4-11-5-6-14(22)31-11)26-19-15(13)25-9-27(19)16-12-8-21(12,20(30)24-2)18(29)17(16)28/h5-7,9,12,16-18,28-29H,8H2,1-2H3,(H,23,26)(H,24,30)/t12-,16-,17+,18+,21+/m1/s1. The Morgan fingerprint density at radius 3 is 2.84 bits per heavy atom. The number of carbonyl (C=O) groups excluding carboxylic acids is 1. The highest BCUT2D eigenvalue weighted by molar-refractivity contribution is 7.16. The van der Waals surface area contributed by atoms with Crippen LogP contribution in [-0.4, -0.2) is 57.0 Å². The largest absolute Gasteiger partial charge is 0.389 e. The molecule has 0 radical (unpaired) electrons. The molecule has 2 saturated carbocycles. The second-order valence-corrected chi connectivity index (χ2v) is 9.55. The number of aromatic nitrogens is 3. The molecule has 5 rings (SSSR count). The van der Waals surface area contributed by atoms with Gasteiger partial charge >= 0.3 is 0 Å². The number of hydrogen-bond acceptors (Lipinski definition) is 7. The summed E-state index contributed by atoms with van der Waals surface area (Å²) >= 11 is 7.36. The lowest BCUT2D eigenvalue weighted by molar-refractivity contribution is -0.132. The minimum absolute atomic E-state index is 0.197. The Bertz CT molecular complexity index is 1260. The fraction of sp³-hybridized carbons (Fsp3) is 0.381. The first-order valence-corrected chi connectivity index (χ1v) is 11.0. The molecule has 0 aliphatic heterocycles.